The molecule has 0 spiro atoms. The summed E-state index contributed by atoms with van der Waals surface area (Å²) in [7, 11) is 1.78. The van der Waals surface area contributed by atoms with Crippen molar-refractivity contribution < 1.29 is 14.0 Å². The van der Waals surface area contributed by atoms with Crippen molar-refractivity contribution in [3.8, 4) is 0 Å². The van der Waals surface area contributed by atoms with Gasteiger partial charge in [-0.3, -0.25) is 4.79 Å². The van der Waals surface area contributed by atoms with Crippen molar-refractivity contribution in [2.24, 2.45) is 0 Å². The van der Waals surface area contributed by atoms with E-state index < -0.39 is 0 Å². The summed E-state index contributed by atoms with van der Waals surface area (Å²) in [5.74, 6) is -0.379. The van der Waals surface area contributed by atoms with Crippen LogP contribution in [0.2, 0.25) is 0 Å². The molecule has 1 saturated heterocycles. The van der Waals surface area contributed by atoms with E-state index in [2.05, 4.69) is 20.3 Å². The Morgan fingerprint density at radius 3 is 2.52 bits per heavy atom. The van der Waals surface area contributed by atoms with Crippen molar-refractivity contribution in [2.75, 3.05) is 30.8 Å². The van der Waals surface area contributed by atoms with Crippen LogP contribution in [-0.4, -0.2) is 47.4 Å². The van der Waals surface area contributed by atoms with Gasteiger partial charge in [-0.1, -0.05) is 0 Å². The summed E-state index contributed by atoms with van der Waals surface area (Å²) in [6.45, 7) is 2.97. The van der Waals surface area contributed by atoms with E-state index in [1.807, 2.05) is 6.92 Å². The molecule has 0 aliphatic carbocycles. The number of amides is 3. The lowest BCUT2D eigenvalue weighted by molar-refractivity contribution is 0.0709. The third kappa shape index (κ3) is 4.54. The van der Waals surface area contributed by atoms with E-state index in [9.17, 15) is 14.0 Å². The maximum atomic E-state index is 12.9. The number of halogens is 1. The molecule has 0 atom stereocenters. The second-order valence-corrected chi connectivity index (χ2v) is 7.17. The van der Waals surface area contributed by atoms with Gasteiger partial charge in [-0.05, 0) is 55.6 Å². The molecule has 9 heteroatoms. The predicted octanol–water partition coefficient (Wildman–Crippen LogP) is 3.06. The highest BCUT2D eigenvalue weighted by Gasteiger charge is 2.28. The molecule has 27 heavy (non-hydrogen) atoms. The Labute approximate surface area is 161 Å². The van der Waals surface area contributed by atoms with Crippen LogP contribution in [0, 0.1) is 12.7 Å². The zero-order valence-electron chi connectivity index (χ0n) is 15.2. The number of carbonyl (C=O) groups excluding carboxylic acids is 2. The van der Waals surface area contributed by atoms with Crippen LogP contribution < -0.4 is 16.0 Å². The molecule has 0 saturated carbocycles. The first-order valence-corrected chi connectivity index (χ1v) is 9.51. The Balaban J connectivity index is 1.51. The van der Waals surface area contributed by atoms with E-state index in [0.29, 0.717) is 37.2 Å². The summed E-state index contributed by atoms with van der Waals surface area (Å²) in [4.78, 5) is 26.7. The van der Waals surface area contributed by atoms with Crippen LogP contribution in [0.3, 0.4) is 0 Å². The standard InChI is InChI=1S/C18H22FN5O2S/c1-11-15(16(20-2)27-23-11)17(25)24-9-7-14(8-10-24)22-18(26)21-13-5-3-12(19)4-6-13/h3-6,14,20H,7-10H2,1-2H3,(H2,21,22,26). The lowest BCUT2D eigenvalue weighted by Gasteiger charge is -2.32. The molecule has 0 radical (unpaired) electrons. The van der Waals surface area contributed by atoms with E-state index in [1.165, 1.54) is 35.8 Å². The molecule has 0 bridgehead atoms. The van der Waals surface area contributed by atoms with E-state index in [1.54, 1.807) is 11.9 Å². The van der Waals surface area contributed by atoms with Crippen LogP contribution in [0.25, 0.3) is 0 Å². The van der Waals surface area contributed by atoms with Gasteiger partial charge in [0.25, 0.3) is 5.91 Å². The van der Waals surface area contributed by atoms with E-state index >= 15 is 0 Å². The van der Waals surface area contributed by atoms with Gasteiger partial charge in [0.15, 0.2) is 0 Å². The molecule has 2 heterocycles. The fourth-order valence-corrected chi connectivity index (χ4v) is 3.80. The molecule has 3 N–H and O–H groups in total. The molecule has 1 aliphatic rings. The third-order valence-electron chi connectivity index (χ3n) is 4.52. The summed E-state index contributed by atoms with van der Waals surface area (Å²) in [6.07, 6.45) is 1.35. The molecule has 1 aromatic carbocycles. The van der Waals surface area contributed by atoms with Crippen LogP contribution in [0.1, 0.15) is 28.9 Å². The number of piperidine rings is 1. The minimum Gasteiger partial charge on any atom is -0.378 e. The van der Waals surface area contributed by atoms with Crippen molar-refractivity contribution in [3.63, 3.8) is 0 Å². The molecule has 0 unspecified atom stereocenters. The van der Waals surface area contributed by atoms with E-state index in [4.69, 9.17) is 0 Å². The molecular formula is C18H22FN5O2S. The monoisotopic (exact) mass is 391 g/mol. The molecule has 144 valence electrons. The molecule has 1 aliphatic heterocycles. The van der Waals surface area contributed by atoms with Crippen LogP contribution in [0.5, 0.6) is 0 Å². The maximum Gasteiger partial charge on any atom is 0.319 e. The van der Waals surface area contributed by atoms with Crippen LogP contribution in [0.4, 0.5) is 19.9 Å². The highest BCUT2D eigenvalue weighted by atomic mass is 32.1. The molecule has 3 rings (SSSR count). The van der Waals surface area contributed by atoms with Gasteiger partial charge < -0.3 is 20.9 Å². The maximum absolute atomic E-state index is 12.9. The average molecular weight is 391 g/mol. The molecule has 1 fully saturated rings. The fraction of sp³-hybridized carbons (Fsp3) is 0.389. The largest absolute Gasteiger partial charge is 0.378 e. The normalized spacial score (nSPS) is 14.7. The predicted molar refractivity (Wildman–Crippen MR) is 104 cm³/mol. The Morgan fingerprint density at radius 1 is 1.22 bits per heavy atom. The van der Waals surface area contributed by atoms with Crippen LogP contribution >= 0.6 is 11.5 Å². The smallest absolute Gasteiger partial charge is 0.319 e. The highest BCUT2D eigenvalue weighted by Crippen LogP contribution is 2.26. The average Bonchev–Trinajstić information content (AvgIpc) is 3.04. The van der Waals surface area contributed by atoms with Crippen molar-refractivity contribution in [2.45, 2.75) is 25.8 Å². The Morgan fingerprint density at radius 2 is 1.89 bits per heavy atom. The van der Waals surface area contributed by atoms with Crippen LogP contribution in [0.15, 0.2) is 24.3 Å². The molecule has 1 aromatic heterocycles. The summed E-state index contributed by atoms with van der Waals surface area (Å²) >= 11 is 1.28. The van der Waals surface area contributed by atoms with Crippen LogP contribution in [-0.2, 0) is 0 Å². The third-order valence-corrected chi connectivity index (χ3v) is 5.48. The number of urea groups is 1. The minimum absolute atomic E-state index is 0.0139. The number of nitrogens with zero attached hydrogens (tertiary/aromatic N) is 2. The molecule has 3 amide bonds. The van der Waals surface area contributed by atoms with Crippen molar-refractivity contribution >= 4 is 34.2 Å². The zero-order valence-corrected chi connectivity index (χ0v) is 16.0. The second-order valence-electron chi connectivity index (χ2n) is 6.39. The van der Waals surface area contributed by atoms with Gasteiger partial charge in [-0.15, -0.1) is 0 Å². The first kappa shape index (κ1) is 19.1. The Kier molecular flexibility index (Phi) is 5.90. The first-order chi connectivity index (χ1) is 13.0. The number of benzene rings is 1. The van der Waals surface area contributed by atoms with Gasteiger partial charge in [-0.2, -0.15) is 4.37 Å². The van der Waals surface area contributed by atoms with Gasteiger partial charge in [0, 0.05) is 31.9 Å². The SMILES string of the molecule is CNc1snc(C)c1C(=O)N1CCC(NC(=O)Nc2ccc(F)cc2)CC1. The number of nitrogens with one attached hydrogen (secondary N) is 3. The number of rotatable bonds is 4. The van der Waals surface area contributed by atoms with Gasteiger partial charge >= 0.3 is 6.03 Å². The van der Waals surface area contributed by atoms with E-state index in [0.717, 1.165) is 10.7 Å². The van der Waals surface area contributed by atoms with Crippen molar-refractivity contribution in [1.29, 1.82) is 0 Å². The fourth-order valence-electron chi connectivity index (χ4n) is 3.06. The number of carbonyl (C=O) groups is 2. The summed E-state index contributed by atoms with van der Waals surface area (Å²) in [5.41, 5.74) is 1.89. The van der Waals surface area contributed by atoms with Gasteiger partial charge in [0.05, 0.1) is 11.3 Å². The number of likely N-dealkylation sites (tertiary alicyclic amines) is 1. The number of anilines is 2. The molecular weight excluding hydrogens is 369 g/mol. The topological polar surface area (TPSA) is 86.4 Å². The van der Waals surface area contributed by atoms with Crippen molar-refractivity contribution in [1.82, 2.24) is 14.6 Å². The zero-order chi connectivity index (χ0) is 19.4. The first-order valence-electron chi connectivity index (χ1n) is 8.74. The summed E-state index contributed by atoms with van der Waals surface area (Å²) in [6, 6.07) is 5.25. The number of hydrogen-bond donors (Lipinski definition) is 3. The lowest BCUT2D eigenvalue weighted by atomic mass is 10.0. The molecule has 7 nitrogen and oxygen atoms in total. The van der Waals surface area contributed by atoms with E-state index in [-0.39, 0.29) is 23.8 Å². The minimum atomic E-state index is -0.351. The highest BCUT2D eigenvalue weighted by molar-refractivity contribution is 7.10. The van der Waals surface area contributed by atoms with Gasteiger partial charge in [0.2, 0.25) is 0 Å². The number of hydrogen-bond acceptors (Lipinski definition) is 5. The number of aromatic nitrogens is 1. The Bertz CT molecular complexity index is 816. The van der Waals surface area contributed by atoms with Gasteiger partial charge in [-0.25, -0.2) is 9.18 Å². The molecule has 2 aromatic rings. The van der Waals surface area contributed by atoms with Gasteiger partial charge in [0.1, 0.15) is 10.8 Å². The second kappa shape index (κ2) is 8.34. The van der Waals surface area contributed by atoms with Crippen molar-refractivity contribution in [3.05, 3.63) is 41.3 Å². The Hall–Kier alpha value is -2.68. The number of aryl methyl sites for hydroxylation is 1. The quantitative estimate of drug-likeness (QED) is 0.748. The lowest BCUT2D eigenvalue weighted by Crippen LogP contribution is -2.47. The summed E-state index contributed by atoms with van der Waals surface area (Å²) < 4.78 is 17.2. The summed E-state index contributed by atoms with van der Waals surface area (Å²) in [5, 5.41) is 9.38.